The number of benzene rings is 2. The van der Waals surface area contributed by atoms with Gasteiger partial charge in [-0.15, -0.1) is 0 Å². The van der Waals surface area contributed by atoms with E-state index in [-0.39, 0.29) is 4.90 Å². The second-order valence-electron chi connectivity index (χ2n) is 6.47. The number of carbonyl (C=O) groups excluding carboxylic acids is 1. The maximum atomic E-state index is 12.2. The van der Waals surface area contributed by atoms with Crippen LogP contribution in [0, 0.1) is 0 Å². The minimum atomic E-state index is -3.61. The molecule has 25 heavy (non-hydrogen) atoms. The highest BCUT2D eigenvalue weighted by atomic mass is 35.5. The molecule has 0 saturated carbocycles. The number of halogens is 1. The molecule has 6 nitrogen and oxygen atoms in total. The van der Waals surface area contributed by atoms with E-state index >= 15 is 0 Å². The lowest BCUT2D eigenvalue weighted by Crippen LogP contribution is -2.40. The fourth-order valence-corrected chi connectivity index (χ4v) is 3.65. The monoisotopic (exact) mass is 381 g/mol. The lowest BCUT2D eigenvalue weighted by atomic mass is 10.1. The van der Waals surface area contributed by atoms with Gasteiger partial charge in [-0.2, -0.15) is 0 Å². The molecule has 0 aliphatic heterocycles. The minimum Gasteiger partial charge on any atom is -0.308 e. The third-order valence-electron chi connectivity index (χ3n) is 2.95. The van der Waals surface area contributed by atoms with E-state index < -0.39 is 21.6 Å². The van der Waals surface area contributed by atoms with E-state index in [0.29, 0.717) is 16.4 Å². The zero-order valence-electron chi connectivity index (χ0n) is 14.1. The van der Waals surface area contributed by atoms with Crippen molar-refractivity contribution in [3.63, 3.8) is 0 Å². The quantitative estimate of drug-likeness (QED) is 0.746. The number of hydrogen-bond acceptors (Lipinski definition) is 3. The van der Waals surface area contributed by atoms with E-state index in [2.05, 4.69) is 15.4 Å². The fraction of sp³-hybridized carbons (Fsp3) is 0.235. The van der Waals surface area contributed by atoms with Gasteiger partial charge in [-0.25, -0.2) is 17.9 Å². The van der Waals surface area contributed by atoms with E-state index in [1.807, 2.05) is 0 Å². The number of anilines is 2. The molecule has 2 amide bonds. The van der Waals surface area contributed by atoms with Gasteiger partial charge in [0.05, 0.1) is 4.90 Å². The number of sulfonamides is 1. The zero-order valence-corrected chi connectivity index (χ0v) is 15.7. The predicted octanol–water partition coefficient (Wildman–Crippen LogP) is 4.06. The molecule has 0 saturated heterocycles. The number of amides is 2. The van der Waals surface area contributed by atoms with Crippen LogP contribution in [-0.2, 0) is 10.0 Å². The summed E-state index contributed by atoms with van der Waals surface area (Å²) in [6, 6.07) is 12.2. The summed E-state index contributed by atoms with van der Waals surface area (Å²) < 4.78 is 27.0. The highest BCUT2D eigenvalue weighted by molar-refractivity contribution is 7.89. The van der Waals surface area contributed by atoms with Crippen LogP contribution in [0.5, 0.6) is 0 Å². The summed E-state index contributed by atoms with van der Waals surface area (Å²) in [5.74, 6) is 0. The van der Waals surface area contributed by atoms with Crippen molar-refractivity contribution in [2.45, 2.75) is 31.2 Å². The summed E-state index contributed by atoms with van der Waals surface area (Å²) in [6.45, 7) is 5.29. The van der Waals surface area contributed by atoms with Crippen LogP contribution < -0.4 is 15.4 Å². The van der Waals surface area contributed by atoms with Crippen LogP contribution >= 0.6 is 11.6 Å². The van der Waals surface area contributed by atoms with Gasteiger partial charge in [0.2, 0.25) is 10.0 Å². The Kier molecular flexibility index (Phi) is 5.72. The van der Waals surface area contributed by atoms with Crippen LogP contribution in [0.1, 0.15) is 20.8 Å². The first-order chi connectivity index (χ1) is 11.5. The van der Waals surface area contributed by atoms with Gasteiger partial charge in [0.25, 0.3) is 0 Å². The smallest absolute Gasteiger partial charge is 0.308 e. The molecule has 0 bridgehead atoms. The van der Waals surface area contributed by atoms with Crippen LogP contribution in [0.15, 0.2) is 53.4 Å². The largest absolute Gasteiger partial charge is 0.323 e. The van der Waals surface area contributed by atoms with Crippen LogP contribution in [0.3, 0.4) is 0 Å². The molecule has 0 heterocycles. The summed E-state index contributed by atoms with van der Waals surface area (Å²) in [5.41, 5.74) is 0.444. The second kappa shape index (κ2) is 7.43. The predicted molar refractivity (Wildman–Crippen MR) is 101 cm³/mol. The zero-order chi connectivity index (χ0) is 18.7. The number of carbonyl (C=O) groups is 1. The molecule has 8 heteroatoms. The van der Waals surface area contributed by atoms with Gasteiger partial charge in [-0.05, 0) is 63.2 Å². The van der Waals surface area contributed by atoms with Crippen molar-refractivity contribution in [3.05, 3.63) is 53.6 Å². The summed E-state index contributed by atoms with van der Waals surface area (Å²) in [5, 5.41) is 5.78. The number of rotatable bonds is 4. The minimum absolute atomic E-state index is 0.128. The number of nitrogens with one attached hydrogen (secondary N) is 3. The van der Waals surface area contributed by atoms with Crippen molar-refractivity contribution in [2.75, 3.05) is 10.6 Å². The van der Waals surface area contributed by atoms with Crippen molar-refractivity contribution in [1.29, 1.82) is 0 Å². The maximum Gasteiger partial charge on any atom is 0.323 e. The Morgan fingerprint density at radius 2 is 1.56 bits per heavy atom. The normalized spacial score (nSPS) is 11.8. The first-order valence-electron chi connectivity index (χ1n) is 7.53. The van der Waals surface area contributed by atoms with E-state index in [1.165, 1.54) is 24.3 Å². The molecule has 134 valence electrons. The Bertz CT molecular complexity index is 859. The third-order valence-corrected chi connectivity index (χ3v) is 4.95. The van der Waals surface area contributed by atoms with Crippen LogP contribution in [0.4, 0.5) is 16.2 Å². The van der Waals surface area contributed by atoms with E-state index in [0.717, 1.165) is 0 Å². The molecular formula is C17H20ClN3O3S. The van der Waals surface area contributed by atoms with Crippen LogP contribution in [0.2, 0.25) is 5.02 Å². The van der Waals surface area contributed by atoms with Crippen molar-refractivity contribution in [1.82, 2.24) is 4.72 Å². The number of hydrogen-bond donors (Lipinski definition) is 3. The summed E-state index contributed by atoms with van der Waals surface area (Å²) >= 11 is 5.86. The molecule has 0 atom stereocenters. The lowest BCUT2D eigenvalue weighted by Gasteiger charge is -2.20. The molecule has 0 spiro atoms. The summed E-state index contributed by atoms with van der Waals surface area (Å²) in [6.07, 6.45) is 0. The molecule has 3 N–H and O–H groups in total. The first kappa shape index (κ1) is 19.2. The summed E-state index contributed by atoms with van der Waals surface area (Å²) in [7, 11) is -3.61. The van der Waals surface area contributed by atoms with Gasteiger partial charge in [0.1, 0.15) is 0 Å². The highest BCUT2D eigenvalue weighted by Crippen LogP contribution is 2.18. The van der Waals surface area contributed by atoms with Gasteiger partial charge in [-0.1, -0.05) is 17.7 Å². The molecule has 0 aliphatic carbocycles. The second-order valence-corrected chi connectivity index (χ2v) is 8.59. The fourth-order valence-electron chi connectivity index (χ4n) is 2.04. The third kappa shape index (κ3) is 6.04. The summed E-state index contributed by atoms with van der Waals surface area (Å²) in [4.78, 5) is 12.1. The van der Waals surface area contributed by atoms with Gasteiger partial charge in [0, 0.05) is 21.9 Å². The van der Waals surface area contributed by atoms with Gasteiger partial charge in [0.15, 0.2) is 0 Å². The van der Waals surface area contributed by atoms with E-state index in [9.17, 15) is 13.2 Å². The van der Waals surface area contributed by atoms with Crippen molar-refractivity contribution in [2.24, 2.45) is 0 Å². The Morgan fingerprint density at radius 3 is 2.12 bits per heavy atom. The topological polar surface area (TPSA) is 87.3 Å². The Labute approximate surface area is 152 Å². The van der Waals surface area contributed by atoms with Crippen LogP contribution in [0.25, 0.3) is 0 Å². The Balaban J connectivity index is 2.04. The maximum absolute atomic E-state index is 12.2. The Hall–Kier alpha value is -2.09. The van der Waals surface area contributed by atoms with Gasteiger partial charge >= 0.3 is 6.03 Å². The highest BCUT2D eigenvalue weighted by Gasteiger charge is 2.21. The molecule has 0 aromatic heterocycles. The standard InChI is InChI=1S/C17H20ClN3O3S/c1-17(2,3)21-25(23,24)15-9-7-13(8-10-15)19-16(22)20-14-6-4-5-12(18)11-14/h4-11,21H,1-3H3,(H2,19,20,22). The van der Waals surface area contributed by atoms with Crippen molar-refractivity contribution < 1.29 is 13.2 Å². The average molecular weight is 382 g/mol. The molecule has 2 aromatic carbocycles. The SMILES string of the molecule is CC(C)(C)NS(=O)(=O)c1ccc(NC(=O)Nc2cccc(Cl)c2)cc1. The molecule has 2 aromatic rings. The van der Waals surface area contributed by atoms with Gasteiger partial charge in [-0.3, -0.25) is 0 Å². The number of urea groups is 1. The Morgan fingerprint density at radius 1 is 0.960 bits per heavy atom. The van der Waals surface area contributed by atoms with Gasteiger partial charge < -0.3 is 10.6 Å². The molecule has 0 unspecified atom stereocenters. The molecular weight excluding hydrogens is 362 g/mol. The van der Waals surface area contributed by atoms with Crippen molar-refractivity contribution in [3.8, 4) is 0 Å². The first-order valence-corrected chi connectivity index (χ1v) is 9.39. The molecule has 0 aliphatic rings. The molecule has 2 rings (SSSR count). The van der Waals surface area contributed by atoms with E-state index in [4.69, 9.17) is 11.6 Å². The van der Waals surface area contributed by atoms with Crippen LogP contribution in [-0.4, -0.2) is 20.0 Å². The molecule has 0 fully saturated rings. The lowest BCUT2D eigenvalue weighted by molar-refractivity contribution is 0.262. The molecule has 0 radical (unpaired) electrons. The van der Waals surface area contributed by atoms with E-state index in [1.54, 1.807) is 45.0 Å². The van der Waals surface area contributed by atoms with Crippen molar-refractivity contribution >= 4 is 39.0 Å². The average Bonchev–Trinajstić information content (AvgIpc) is 2.45.